The quantitative estimate of drug-likeness (QED) is 0.708. The summed E-state index contributed by atoms with van der Waals surface area (Å²) in [6, 6.07) is 4.42. The number of pyridine rings is 1. The van der Waals surface area contributed by atoms with Crippen LogP contribution in [0.3, 0.4) is 0 Å². The molecule has 1 atom stereocenters. The maximum absolute atomic E-state index is 9.69. The zero-order valence-electron chi connectivity index (χ0n) is 12.0. The molecule has 7 nitrogen and oxygen atoms in total. The fraction of sp³-hybridized carbons (Fsp3) is 0.400. The van der Waals surface area contributed by atoms with E-state index >= 15 is 0 Å². The minimum Gasteiger partial charge on any atom is -0.388 e. The first-order valence-electron chi connectivity index (χ1n) is 7.35. The summed E-state index contributed by atoms with van der Waals surface area (Å²) in [5.74, 6) is 0.661. The zero-order chi connectivity index (χ0) is 15.1. The van der Waals surface area contributed by atoms with Gasteiger partial charge in [0.05, 0.1) is 24.3 Å². The number of aliphatic hydroxyl groups excluding tert-OH is 1. The lowest BCUT2D eigenvalue weighted by Crippen LogP contribution is -2.22. The minimum atomic E-state index is -0.102. The van der Waals surface area contributed by atoms with Gasteiger partial charge in [0.1, 0.15) is 23.6 Å². The van der Waals surface area contributed by atoms with E-state index in [-0.39, 0.29) is 12.6 Å². The first-order valence-corrected chi connectivity index (χ1v) is 7.35. The second kappa shape index (κ2) is 5.09. The van der Waals surface area contributed by atoms with E-state index in [1.807, 2.05) is 12.3 Å². The van der Waals surface area contributed by atoms with Gasteiger partial charge in [-0.1, -0.05) is 0 Å². The number of fused-ring (bicyclic) bond motifs is 3. The van der Waals surface area contributed by atoms with Gasteiger partial charge in [-0.25, -0.2) is 9.97 Å². The normalized spacial score (nSPS) is 19.2. The molecule has 0 aliphatic carbocycles. The number of hydrogen-bond acceptors (Lipinski definition) is 5. The molecular weight excluding hydrogens is 280 g/mol. The second-order valence-corrected chi connectivity index (χ2v) is 5.62. The largest absolute Gasteiger partial charge is 0.388 e. The molecule has 4 rings (SSSR count). The Labute approximate surface area is 126 Å². The third kappa shape index (κ3) is 1.89. The first-order chi connectivity index (χ1) is 10.8. The van der Waals surface area contributed by atoms with E-state index in [1.165, 1.54) is 0 Å². The number of hydrogen-bond donors (Lipinski definition) is 2. The number of aromatic nitrogens is 4. The van der Waals surface area contributed by atoms with Gasteiger partial charge in [0.25, 0.3) is 0 Å². The van der Waals surface area contributed by atoms with Crippen molar-refractivity contribution in [2.75, 3.05) is 19.6 Å². The summed E-state index contributed by atoms with van der Waals surface area (Å²) in [6.45, 7) is 2.04. The van der Waals surface area contributed by atoms with E-state index in [4.69, 9.17) is 5.26 Å². The van der Waals surface area contributed by atoms with Crippen molar-refractivity contribution >= 4 is 22.1 Å². The molecule has 7 heteroatoms. The topological polar surface area (TPSA) is 93.8 Å². The van der Waals surface area contributed by atoms with Crippen molar-refractivity contribution in [3.05, 3.63) is 24.3 Å². The van der Waals surface area contributed by atoms with Gasteiger partial charge in [-0.15, -0.1) is 0 Å². The Hall–Kier alpha value is -2.43. The highest BCUT2D eigenvalue weighted by atomic mass is 16.3. The van der Waals surface area contributed by atoms with E-state index in [1.54, 1.807) is 6.20 Å². The number of aromatic amines is 1. The molecule has 112 valence electrons. The number of imidazole rings is 1. The Bertz CT molecular complexity index is 873. The fourth-order valence-corrected chi connectivity index (χ4v) is 3.41. The highest BCUT2D eigenvalue weighted by Gasteiger charge is 2.27. The summed E-state index contributed by atoms with van der Waals surface area (Å²) in [7, 11) is 0. The maximum Gasteiger partial charge on any atom is 0.139 e. The van der Waals surface area contributed by atoms with E-state index in [9.17, 15) is 5.11 Å². The molecule has 22 heavy (non-hydrogen) atoms. The molecule has 0 saturated carbocycles. The SMILES string of the molecule is N#CCN1CCC(n2c(CO)nc3cnc4[nH]ccc4c32)C1. The summed E-state index contributed by atoms with van der Waals surface area (Å²) < 4.78 is 2.13. The van der Waals surface area contributed by atoms with E-state index in [0.717, 1.165) is 41.6 Å². The molecule has 4 heterocycles. The molecule has 0 aromatic carbocycles. The number of rotatable bonds is 3. The number of nitriles is 1. The lowest BCUT2D eigenvalue weighted by molar-refractivity contribution is 0.260. The molecule has 0 radical (unpaired) electrons. The van der Waals surface area contributed by atoms with E-state index in [0.29, 0.717) is 12.4 Å². The summed E-state index contributed by atoms with van der Waals surface area (Å²) in [4.78, 5) is 14.1. The van der Waals surface area contributed by atoms with Crippen LogP contribution in [0, 0.1) is 11.3 Å². The van der Waals surface area contributed by atoms with Crippen molar-refractivity contribution < 1.29 is 5.11 Å². The zero-order valence-corrected chi connectivity index (χ0v) is 12.0. The van der Waals surface area contributed by atoms with Crippen LogP contribution < -0.4 is 0 Å². The Morgan fingerprint density at radius 2 is 2.41 bits per heavy atom. The number of nitrogens with zero attached hydrogens (tertiary/aromatic N) is 5. The smallest absolute Gasteiger partial charge is 0.139 e. The molecule has 1 unspecified atom stereocenters. The van der Waals surface area contributed by atoms with Crippen LogP contribution in [-0.2, 0) is 6.61 Å². The average Bonchev–Trinajstić information content (AvgIpc) is 3.23. The van der Waals surface area contributed by atoms with Gasteiger partial charge in [0, 0.05) is 30.7 Å². The fourth-order valence-electron chi connectivity index (χ4n) is 3.41. The van der Waals surface area contributed by atoms with Gasteiger partial charge in [-0.2, -0.15) is 5.26 Å². The number of aliphatic hydroxyl groups is 1. The van der Waals surface area contributed by atoms with Gasteiger partial charge in [-0.3, -0.25) is 4.90 Å². The lowest BCUT2D eigenvalue weighted by atomic mass is 10.2. The van der Waals surface area contributed by atoms with E-state index in [2.05, 4.69) is 30.5 Å². The average molecular weight is 296 g/mol. The van der Waals surface area contributed by atoms with Crippen molar-refractivity contribution in [3.8, 4) is 6.07 Å². The molecule has 3 aromatic rings. The number of H-pyrrole nitrogens is 1. The third-order valence-corrected chi connectivity index (χ3v) is 4.36. The van der Waals surface area contributed by atoms with Crippen LogP contribution in [0.25, 0.3) is 22.1 Å². The highest BCUT2D eigenvalue weighted by Crippen LogP contribution is 2.31. The van der Waals surface area contributed by atoms with Crippen LogP contribution in [0.1, 0.15) is 18.3 Å². The highest BCUT2D eigenvalue weighted by molar-refractivity contribution is 6.01. The van der Waals surface area contributed by atoms with Crippen molar-refractivity contribution in [3.63, 3.8) is 0 Å². The van der Waals surface area contributed by atoms with E-state index < -0.39 is 0 Å². The Balaban J connectivity index is 1.88. The Morgan fingerprint density at radius 3 is 3.23 bits per heavy atom. The molecule has 1 saturated heterocycles. The van der Waals surface area contributed by atoms with Crippen LogP contribution in [0.15, 0.2) is 18.5 Å². The minimum absolute atomic E-state index is 0.102. The van der Waals surface area contributed by atoms with Gasteiger partial charge < -0.3 is 14.7 Å². The van der Waals surface area contributed by atoms with Crippen LogP contribution in [-0.4, -0.2) is 49.2 Å². The Morgan fingerprint density at radius 1 is 1.50 bits per heavy atom. The third-order valence-electron chi connectivity index (χ3n) is 4.36. The molecule has 2 N–H and O–H groups in total. The van der Waals surface area contributed by atoms with Gasteiger partial charge in [0.2, 0.25) is 0 Å². The summed E-state index contributed by atoms with van der Waals surface area (Å²) >= 11 is 0. The van der Waals surface area contributed by atoms with Gasteiger partial charge >= 0.3 is 0 Å². The van der Waals surface area contributed by atoms with Crippen molar-refractivity contribution in [1.82, 2.24) is 24.4 Å². The molecule has 0 amide bonds. The molecule has 1 aliphatic heterocycles. The monoisotopic (exact) mass is 296 g/mol. The summed E-state index contributed by atoms with van der Waals surface area (Å²) in [5, 5.41) is 19.6. The standard InChI is InChI=1S/C15H16N6O/c16-3-6-20-5-2-10(8-20)21-13(9-22)19-12-7-18-15-11(14(12)21)1-4-17-15/h1,4,7,10,22H,2,5-6,8-9H2,(H,17,18). The second-order valence-electron chi connectivity index (χ2n) is 5.62. The van der Waals surface area contributed by atoms with Crippen molar-refractivity contribution in [1.29, 1.82) is 5.26 Å². The van der Waals surface area contributed by atoms with Crippen LogP contribution >= 0.6 is 0 Å². The van der Waals surface area contributed by atoms with Gasteiger partial charge in [0.15, 0.2) is 0 Å². The Kier molecular flexibility index (Phi) is 3.06. The summed E-state index contributed by atoms with van der Waals surface area (Å²) in [6.07, 6.45) is 4.56. The lowest BCUT2D eigenvalue weighted by Gasteiger charge is -2.17. The van der Waals surface area contributed by atoms with Crippen molar-refractivity contribution in [2.45, 2.75) is 19.1 Å². The maximum atomic E-state index is 9.69. The molecular formula is C15H16N6O. The molecule has 0 spiro atoms. The molecule has 1 aliphatic rings. The molecule has 1 fully saturated rings. The van der Waals surface area contributed by atoms with Crippen molar-refractivity contribution in [2.24, 2.45) is 0 Å². The number of nitrogens with one attached hydrogen (secondary N) is 1. The van der Waals surface area contributed by atoms with Crippen LogP contribution in [0.4, 0.5) is 0 Å². The molecule has 3 aromatic heterocycles. The predicted molar refractivity (Wildman–Crippen MR) is 81.0 cm³/mol. The molecule has 0 bridgehead atoms. The predicted octanol–water partition coefficient (Wildman–Crippen LogP) is 1.18. The number of likely N-dealkylation sites (tertiary alicyclic amines) is 1. The van der Waals surface area contributed by atoms with Crippen LogP contribution in [0.5, 0.6) is 0 Å². The first kappa shape index (κ1) is 13.2. The van der Waals surface area contributed by atoms with Crippen LogP contribution in [0.2, 0.25) is 0 Å². The van der Waals surface area contributed by atoms with Gasteiger partial charge in [-0.05, 0) is 12.5 Å². The summed E-state index contributed by atoms with van der Waals surface area (Å²) in [5.41, 5.74) is 2.64.